The summed E-state index contributed by atoms with van der Waals surface area (Å²) in [5.41, 5.74) is 3.45. The largest absolute Gasteiger partial charge is 0.493 e. The molecule has 1 amide bonds. The van der Waals surface area contributed by atoms with E-state index in [4.69, 9.17) is 25.8 Å². The zero-order valence-corrected chi connectivity index (χ0v) is 14.3. The van der Waals surface area contributed by atoms with E-state index in [0.717, 1.165) is 0 Å². The molecule has 1 N–H and O–H groups in total. The highest BCUT2D eigenvalue weighted by Crippen LogP contribution is 2.38. The van der Waals surface area contributed by atoms with Crippen molar-refractivity contribution in [1.29, 1.82) is 0 Å². The molecule has 0 bridgehead atoms. The van der Waals surface area contributed by atoms with E-state index in [9.17, 15) is 4.79 Å². The SMILES string of the molecule is COc1cc(C(=O)NN=Cc2ccccc2Cl)cc(OC)c1OC. The minimum absolute atomic E-state index is 0.320. The first kappa shape index (κ1) is 17.6. The summed E-state index contributed by atoms with van der Waals surface area (Å²) in [6.45, 7) is 0. The molecule has 0 fully saturated rings. The maximum absolute atomic E-state index is 12.2. The Morgan fingerprint density at radius 1 is 1.08 bits per heavy atom. The molecule has 0 saturated carbocycles. The lowest BCUT2D eigenvalue weighted by atomic mass is 10.1. The van der Waals surface area contributed by atoms with E-state index in [-0.39, 0.29) is 0 Å². The van der Waals surface area contributed by atoms with Crippen LogP contribution in [0, 0.1) is 0 Å². The Morgan fingerprint density at radius 3 is 2.25 bits per heavy atom. The van der Waals surface area contributed by atoms with E-state index in [1.165, 1.54) is 27.5 Å². The predicted molar refractivity (Wildman–Crippen MR) is 92.6 cm³/mol. The van der Waals surface area contributed by atoms with Gasteiger partial charge >= 0.3 is 0 Å². The molecule has 0 aliphatic heterocycles. The molecule has 0 aliphatic carbocycles. The number of hydrazone groups is 1. The number of hydrogen-bond acceptors (Lipinski definition) is 5. The predicted octanol–water partition coefficient (Wildman–Crippen LogP) is 3.13. The maximum Gasteiger partial charge on any atom is 0.271 e. The third-order valence-electron chi connectivity index (χ3n) is 3.20. The number of halogens is 1. The summed E-state index contributed by atoms with van der Waals surface area (Å²) in [5.74, 6) is 0.767. The Balaban J connectivity index is 2.19. The number of methoxy groups -OCH3 is 3. The summed E-state index contributed by atoms with van der Waals surface area (Å²) in [6, 6.07) is 10.3. The molecule has 2 aromatic carbocycles. The Labute approximate surface area is 145 Å². The number of nitrogens with one attached hydrogen (secondary N) is 1. The van der Waals surface area contributed by atoms with Crippen molar-refractivity contribution in [2.45, 2.75) is 0 Å². The van der Waals surface area contributed by atoms with Crippen molar-refractivity contribution < 1.29 is 19.0 Å². The molecular formula is C17H17ClN2O4. The molecule has 0 aromatic heterocycles. The van der Waals surface area contributed by atoms with Gasteiger partial charge in [-0.2, -0.15) is 5.10 Å². The molecule has 0 radical (unpaired) electrons. The highest BCUT2D eigenvalue weighted by atomic mass is 35.5. The number of amides is 1. The van der Waals surface area contributed by atoms with E-state index >= 15 is 0 Å². The van der Waals surface area contributed by atoms with Gasteiger partial charge in [-0.1, -0.05) is 29.8 Å². The fourth-order valence-corrected chi connectivity index (χ4v) is 2.20. The number of hydrogen-bond donors (Lipinski definition) is 1. The number of benzene rings is 2. The molecule has 2 rings (SSSR count). The van der Waals surface area contributed by atoms with Gasteiger partial charge in [-0.05, 0) is 18.2 Å². The molecule has 0 aliphatic rings. The van der Waals surface area contributed by atoms with Crippen LogP contribution in [0.1, 0.15) is 15.9 Å². The lowest BCUT2D eigenvalue weighted by molar-refractivity contribution is 0.0954. The Hall–Kier alpha value is -2.73. The molecule has 0 atom stereocenters. The topological polar surface area (TPSA) is 69.2 Å². The first-order chi connectivity index (χ1) is 11.6. The van der Waals surface area contributed by atoms with Gasteiger partial charge in [0.15, 0.2) is 11.5 Å². The number of carbonyl (C=O) groups excluding carboxylic acids is 1. The van der Waals surface area contributed by atoms with E-state index in [0.29, 0.717) is 33.4 Å². The first-order valence-electron chi connectivity index (χ1n) is 6.98. The Kier molecular flexibility index (Phi) is 6.03. The molecule has 6 nitrogen and oxygen atoms in total. The minimum atomic E-state index is -0.419. The average molecular weight is 349 g/mol. The van der Waals surface area contributed by atoms with E-state index in [2.05, 4.69) is 10.5 Å². The second-order valence-electron chi connectivity index (χ2n) is 4.63. The number of rotatable bonds is 6. The van der Waals surface area contributed by atoms with Crippen LogP contribution in [0.4, 0.5) is 0 Å². The van der Waals surface area contributed by atoms with Crippen LogP contribution in [-0.2, 0) is 0 Å². The maximum atomic E-state index is 12.2. The molecule has 126 valence electrons. The van der Waals surface area contributed by atoms with Gasteiger partial charge in [0.05, 0.1) is 27.5 Å². The van der Waals surface area contributed by atoms with Crippen molar-refractivity contribution in [1.82, 2.24) is 5.43 Å². The summed E-state index contributed by atoms with van der Waals surface area (Å²) in [6.07, 6.45) is 1.47. The van der Waals surface area contributed by atoms with Crippen LogP contribution in [0.25, 0.3) is 0 Å². The number of carbonyl (C=O) groups is 1. The van der Waals surface area contributed by atoms with Crippen molar-refractivity contribution in [3.05, 3.63) is 52.5 Å². The molecule has 24 heavy (non-hydrogen) atoms. The van der Waals surface area contributed by atoms with Crippen molar-refractivity contribution in [2.75, 3.05) is 21.3 Å². The van der Waals surface area contributed by atoms with Gasteiger partial charge in [-0.25, -0.2) is 5.43 Å². The normalized spacial score (nSPS) is 10.5. The molecule has 0 unspecified atom stereocenters. The van der Waals surface area contributed by atoms with Gasteiger partial charge < -0.3 is 14.2 Å². The highest BCUT2D eigenvalue weighted by Gasteiger charge is 2.16. The van der Waals surface area contributed by atoms with Crippen LogP contribution in [0.5, 0.6) is 17.2 Å². The summed E-state index contributed by atoms with van der Waals surface area (Å²) in [4.78, 5) is 12.2. The number of ether oxygens (including phenoxy) is 3. The molecule has 0 saturated heterocycles. The molecule has 0 spiro atoms. The summed E-state index contributed by atoms with van der Waals surface area (Å²) in [7, 11) is 4.46. The van der Waals surface area contributed by atoms with E-state index < -0.39 is 5.91 Å². The zero-order chi connectivity index (χ0) is 17.5. The summed E-state index contributed by atoms with van der Waals surface area (Å²) >= 11 is 6.02. The van der Waals surface area contributed by atoms with Crippen LogP contribution in [0.2, 0.25) is 5.02 Å². The monoisotopic (exact) mass is 348 g/mol. The zero-order valence-electron chi connectivity index (χ0n) is 13.5. The van der Waals surface area contributed by atoms with E-state index in [1.807, 2.05) is 12.1 Å². The third-order valence-corrected chi connectivity index (χ3v) is 3.55. The Morgan fingerprint density at radius 2 is 1.71 bits per heavy atom. The molecule has 0 heterocycles. The van der Waals surface area contributed by atoms with Gasteiger partial charge in [-0.3, -0.25) is 4.79 Å². The quantitative estimate of drug-likeness (QED) is 0.643. The first-order valence-corrected chi connectivity index (χ1v) is 7.36. The van der Waals surface area contributed by atoms with Crippen LogP contribution >= 0.6 is 11.6 Å². The van der Waals surface area contributed by atoms with Crippen LogP contribution in [0.3, 0.4) is 0 Å². The van der Waals surface area contributed by atoms with Crippen molar-refractivity contribution in [3.8, 4) is 17.2 Å². The molecule has 2 aromatic rings. The van der Waals surface area contributed by atoms with E-state index in [1.54, 1.807) is 24.3 Å². The van der Waals surface area contributed by atoms with Gasteiger partial charge in [0.25, 0.3) is 5.91 Å². The van der Waals surface area contributed by atoms with Crippen LogP contribution in [-0.4, -0.2) is 33.5 Å². The van der Waals surface area contributed by atoms with Gasteiger partial charge in [-0.15, -0.1) is 0 Å². The fraction of sp³-hybridized carbons (Fsp3) is 0.176. The second-order valence-corrected chi connectivity index (χ2v) is 5.04. The Bertz CT molecular complexity index is 737. The van der Waals surface area contributed by atoms with Gasteiger partial charge in [0, 0.05) is 16.1 Å². The minimum Gasteiger partial charge on any atom is -0.493 e. The second kappa shape index (κ2) is 8.21. The standard InChI is InChI=1S/C17H17ClN2O4/c1-22-14-8-12(9-15(23-2)16(14)24-3)17(21)20-19-10-11-6-4-5-7-13(11)18/h4-10H,1-3H3,(H,20,21). The summed E-state index contributed by atoms with van der Waals surface area (Å²) in [5, 5.41) is 4.46. The molecule has 7 heteroatoms. The molecular weight excluding hydrogens is 332 g/mol. The fourth-order valence-electron chi connectivity index (χ4n) is 2.02. The van der Waals surface area contributed by atoms with Crippen molar-refractivity contribution in [2.24, 2.45) is 5.10 Å². The third kappa shape index (κ3) is 3.97. The van der Waals surface area contributed by atoms with Crippen LogP contribution in [0.15, 0.2) is 41.5 Å². The van der Waals surface area contributed by atoms with Gasteiger partial charge in [0.2, 0.25) is 5.75 Å². The highest BCUT2D eigenvalue weighted by molar-refractivity contribution is 6.33. The van der Waals surface area contributed by atoms with Crippen LogP contribution < -0.4 is 19.6 Å². The average Bonchev–Trinajstić information content (AvgIpc) is 2.61. The lowest BCUT2D eigenvalue weighted by Gasteiger charge is -2.13. The summed E-state index contributed by atoms with van der Waals surface area (Å²) < 4.78 is 15.7. The van der Waals surface area contributed by atoms with Crippen molar-refractivity contribution in [3.63, 3.8) is 0 Å². The smallest absolute Gasteiger partial charge is 0.271 e. The number of nitrogens with zero attached hydrogens (tertiary/aromatic N) is 1. The van der Waals surface area contributed by atoms with Gasteiger partial charge in [0.1, 0.15) is 0 Å². The van der Waals surface area contributed by atoms with Crippen molar-refractivity contribution >= 4 is 23.7 Å². The lowest BCUT2D eigenvalue weighted by Crippen LogP contribution is -2.18.